The van der Waals surface area contributed by atoms with Crippen LogP contribution in [0, 0.1) is 16.2 Å². The Morgan fingerprint density at radius 1 is 0.765 bits per heavy atom. The molecular formula is C15H30O2. The molecule has 0 radical (unpaired) electrons. The van der Waals surface area contributed by atoms with Gasteiger partial charge in [-0.15, -0.1) is 0 Å². The van der Waals surface area contributed by atoms with Crippen LogP contribution in [0.25, 0.3) is 0 Å². The van der Waals surface area contributed by atoms with Gasteiger partial charge < -0.3 is 4.74 Å². The van der Waals surface area contributed by atoms with Gasteiger partial charge in [-0.2, -0.15) is 0 Å². The van der Waals surface area contributed by atoms with Gasteiger partial charge in [-0.3, -0.25) is 4.79 Å². The second kappa shape index (κ2) is 4.29. The van der Waals surface area contributed by atoms with E-state index in [2.05, 4.69) is 34.6 Å². The molecule has 2 heteroatoms. The van der Waals surface area contributed by atoms with Crippen LogP contribution in [0.1, 0.15) is 69.2 Å². The summed E-state index contributed by atoms with van der Waals surface area (Å²) in [5, 5.41) is 0. The molecule has 0 aliphatic rings. The summed E-state index contributed by atoms with van der Waals surface area (Å²) in [6.45, 7) is 20.4. The van der Waals surface area contributed by atoms with Gasteiger partial charge in [-0.1, -0.05) is 34.6 Å². The molecule has 2 nitrogen and oxygen atoms in total. The monoisotopic (exact) mass is 242 g/mol. The standard InChI is InChI=1S/C15H30O2/c1-12(2,3)15(9,10)14(7,8)11(16)17-13(4,5)6/h1-10H3. The largest absolute Gasteiger partial charge is 0.460 e. The van der Waals surface area contributed by atoms with E-state index in [1.165, 1.54) is 0 Å². The Balaban J connectivity index is 5.22. The maximum absolute atomic E-state index is 12.4. The summed E-state index contributed by atoms with van der Waals surface area (Å²) in [4.78, 5) is 12.4. The van der Waals surface area contributed by atoms with E-state index in [-0.39, 0.29) is 16.8 Å². The van der Waals surface area contributed by atoms with Gasteiger partial charge in [0.15, 0.2) is 0 Å². The summed E-state index contributed by atoms with van der Waals surface area (Å²) in [6, 6.07) is 0. The Kier molecular flexibility index (Phi) is 4.16. The van der Waals surface area contributed by atoms with Crippen LogP contribution in [0.3, 0.4) is 0 Å². The van der Waals surface area contributed by atoms with Gasteiger partial charge in [0.2, 0.25) is 0 Å². The Morgan fingerprint density at radius 3 is 1.35 bits per heavy atom. The molecule has 0 aliphatic carbocycles. The first-order chi connectivity index (χ1) is 7.13. The van der Waals surface area contributed by atoms with E-state index in [0.29, 0.717) is 0 Å². The summed E-state index contributed by atoms with van der Waals surface area (Å²) in [5.41, 5.74) is -1.06. The second-order valence-electron chi connectivity index (χ2n) is 8.00. The minimum Gasteiger partial charge on any atom is -0.460 e. The number of ether oxygens (including phenoxy) is 1. The lowest BCUT2D eigenvalue weighted by atomic mass is 9.55. The second-order valence-corrected chi connectivity index (χ2v) is 8.00. The van der Waals surface area contributed by atoms with Crippen LogP contribution in [0.2, 0.25) is 0 Å². The quantitative estimate of drug-likeness (QED) is 0.670. The smallest absolute Gasteiger partial charge is 0.312 e. The molecule has 0 aromatic carbocycles. The van der Waals surface area contributed by atoms with Crippen molar-refractivity contribution >= 4 is 5.97 Å². The van der Waals surface area contributed by atoms with Gasteiger partial charge in [0, 0.05) is 0 Å². The maximum atomic E-state index is 12.4. The lowest BCUT2D eigenvalue weighted by Gasteiger charge is -2.49. The lowest BCUT2D eigenvalue weighted by Crippen LogP contribution is -2.49. The summed E-state index contributed by atoms with van der Waals surface area (Å²) in [7, 11) is 0. The highest BCUT2D eigenvalue weighted by Gasteiger charge is 2.51. The molecule has 0 spiro atoms. The summed E-state index contributed by atoms with van der Waals surface area (Å²) in [5.74, 6) is -0.120. The SMILES string of the molecule is CC(C)(C)OC(=O)C(C)(C)C(C)(C)C(C)(C)C. The van der Waals surface area contributed by atoms with Crippen molar-refractivity contribution in [1.82, 2.24) is 0 Å². The predicted octanol–water partition coefficient (Wildman–Crippen LogP) is 4.43. The van der Waals surface area contributed by atoms with Crippen LogP contribution in [0.15, 0.2) is 0 Å². The highest BCUT2D eigenvalue weighted by atomic mass is 16.6. The number of carbonyl (C=O) groups is 1. The molecule has 0 atom stereocenters. The Hall–Kier alpha value is -0.530. The van der Waals surface area contributed by atoms with Crippen molar-refractivity contribution in [2.24, 2.45) is 16.2 Å². The third kappa shape index (κ3) is 3.46. The normalized spacial score (nSPS) is 14.7. The molecule has 0 amide bonds. The van der Waals surface area contributed by atoms with E-state index in [1.807, 2.05) is 34.6 Å². The minimum absolute atomic E-state index is 0.0351. The average molecular weight is 242 g/mol. The van der Waals surface area contributed by atoms with Crippen LogP contribution in [0.5, 0.6) is 0 Å². The van der Waals surface area contributed by atoms with Crippen LogP contribution < -0.4 is 0 Å². The minimum atomic E-state index is -0.515. The third-order valence-corrected chi connectivity index (χ3v) is 4.35. The predicted molar refractivity (Wildman–Crippen MR) is 72.9 cm³/mol. The number of hydrogen-bond acceptors (Lipinski definition) is 2. The summed E-state index contributed by atoms with van der Waals surface area (Å²) >= 11 is 0. The molecule has 0 unspecified atom stereocenters. The molecular weight excluding hydrogens is 212 g/mol. The Morgan fingerprint density at radius 2 is 1.12 bits per heavy atom. The first-order valence-electron chi connectivity index (χ1n) is 6.36. The van der Waals surface area contributed by atoms with Crippen LogP contribution in [-0.4, -0.2) is 11.6 Å². The first kappa shape index (κ1) is 16.5. The van der Waals surface area contributed by atoms with Gasteiger partial charge in [0.05, 0.1) is 5.41 Å². The molecule has 0 aromatic rings. The number of carbonyl (C=O) groups excluding carboxylic acids is 1. The van der Waals surface area contributed by atoms with Crippen LogP contribution >= 0.6 is 0 Å². The molecule has 0 heterocycles. The van der Waals surface area contributed by atoms with E-state index in [4.69, 9.17) is 4.74 Å². The van der Waals surface area contributed by atoms with Crippen LogP contribution in [0.4, 0.5) is 0 Å². The Labute approximate surface area is 107 Å². The number of esters is 1. The number of rotatable bonds is 2. The third-order valence-electron chi connectivity index (χ3n) is 4.35. The van der Waals surface area contributed by atoms with Gasteiger partial charge in [-0.25, -0.2) is 0 Å². The number of hydrogen-bond donors (Lipinski definition) is 0. The topological polar surface area (TPSA) is 26.3 Å². The highest BCUT2D eigenvalue weighted by Crippen LogP contribution is 2.51. The van der Waals surface area contributed by atoms with E-state index in [1.54, 1.807) is 0 Å². The van der Waals surface area contributed by atoms with Crippen molar-refractivity contribution in [2.75, 3.05) is 0 Å². The van der Waals surface area contributed by atoms with E-state index >= 15 is 0 Å². The van der Waals surface area contributed by atoms with Gasteiger partial charge >= 0.3 is 5.97 Å². The van der Waals surface area contributed by atoms with Crippen molar-refractivity contribution in [1.29, 1.82) is 0 Å². The first-order valence-corrected chi connectivity index (χ1v) is 6.36. The van der Waals surface area contributed by atoms with Gasteiger partial charge in [0.25, 0.3) is 0 Å². The fourth-order valence-corrected chi connectivity index (χ4v) is 1.60. The van der Waals surface area contributed by atoms with Crippen molar-refractivity contribution in [3.8, 4) is 0 Å². The molecule has 0 aliphatic heterocycles. The van der Waals surface area contributed by atoms with Gasteiger partial charge in [-0.05, 0) is 45.4 Å². The van der Waals surface area contributed by atoms with E-state index < -0.39 is 11.0 Å². The molecule has 0 bridgehead atoms. The summed E-state index contributed by atoms with van der Waals surface area (Å²) in [6.07, 6.45) is 0. The lowest BCUT2D eigenvalue weighted by molar-refractivity contribution is -0.178. The zero-order valence-electron chi connectivity index (χ0n) is 13.3. The van der Waals surface area contributed by atoms with Crippen molar-refractivity contribution in [2.45, 2.75) is 74.8 Å². The van der Waals surface area contributed by atoms with E-state index in [9.17, 15) is 4.79 Å². The molecule has 0 aromatic heterocycles. The highest BCUT2D eigenvalue weighted by molar-refractivity contribution is 5.77. The fourth-order valence-electron chi connectivity index (χ4n) is 1.60. The molecule has 0 saturated heterocycles. The zero-order chi connectivity index (χ0) is 14.3. The van der Waals surface area contributed by atoms with Gasteiger partial charge in [0.1, 0.15) is 5.60 Å². The average Bonchev–Trinajstić information content (AvgIpc) is 1.97. The molecule has 17 heavy (non-hydrogen) atoms. The van der Waals surface area contributed by atoms with Crippen molar-refractivity contribution in [3.63, 3.8) is 0 Å². The molecule has 0 fully saturated rings. The summed E-state index contributed by atoms with van der Waals surface area (Å²) < 4.78 is 5.55. The van der Waals surface area contributed by atoms with E-state index in [0.717, 1.165) is 0 Å². The zero-order valence-corrected chi connectivity index (χ0v) is 13.3. The van der Waals surface area contributed by atoms with Crippen molar-refractivity contribution < 1.29 is 9.53 Å². The molecule has 0 rings (SSSR count). The fraction of sp³-hybridized carbons (Fsp3) is 0.933. The Bertz CT molecular complexity index is 285. The van der Waals surface area contributed by atoms with Crippen LogP contribution in [-0.2, 0) is 9.53 Å². The molecule has 0 N–H and O–H groups in total. The maximum Gasteiger partial charge on any atom is 0.312 e. The molecule has 102 valence electrons. The molecule has 0 saturated carbocycles. The van der Waals surface area contributed by atoms with Crippen molar-refractivity contribution in [3.05, 3.63) is 0 Å².